The first kappa shape index (κ1) is 28.7. The lowest BCUT2D eigenvalue weighted by molar-refractivity contribution is -0.920. The second-order valence-corrected chi connectivity index (χ2v) is 9.60. The number of ether oxygens (including phenoxy) is 1. The van der Waals surface area contributed by atoms with Gasteiger partial charge in [0, 0.05) is 0 Å². The van der Waals surface area contributed by atoms with E-state index in [0.29, 0.717) is 13.2 Å². The molecule has 1 aliphatic heterocycles. The summed E-state index contributed by atoms with van der Waals surface area (Å²) in [6.07, 6.45) is 17.2. The molecule has 0 aromatic heterocycles. The Kier molecular flexibility index (Phi) is 15.4. The molecule has 0 bridgehead atoms. The van der Waals surface area contributed by atoms with Crippen molar-refractivity contribution in [3.05, 3.63) is 47.5 Å². The molecule has 0 unspecified atom stereocenters. The fourth-order valence-electron chi connectivity index (χ4n) is 4.67. The van der Waals surface area contributed by atoms with Crippen LogP contribution in [0.3, 0.4) is 0 Å². The number of unbranched alkanes of at least 4 members (excludes halogenated alkanes) is 7. The van der Waals surface area contributed by atoms with Crippen LogP contribution >= 0.6 is 0 Å². The molecule has 32 heavy (non-hydrogen) atoms. The summed E-state index contributed by atoms with van der Waals surface area (Å²) in [5.41, 5.74) is 2.74. The Morgan fingerprint density at radius 2 is 1.56 bits per heavy atom. The lowest BCUT2D eigenvalue weighted by Gasteiger charge is -2.40. The van der Waals surface area contributed by atoms with Gasteiger partial charge >= 0.3 is 5.97 Å². The van der Waals surface area contributed by atoms with E-state index in [1.54, 1.807) is 0 Å². The summed E-state index contributed by atoms with van der Waals surface area (Å²) in [7, 11) is 0. The van der Waals surface area contributed by atoms with Gasteiger partial charge in [0.15, 0.2) is 6.54 Å². The summed E-state index contributed by atoms with van der Waals surface area (Å²) in [6, 6.07) is 10.6. The molecule has 0 atom stereocenters. The van der Waals surface area contributed by atoms with Crippen LogP contribution in [0, 0.1) is 0 Å². The third-order valence-electron chi connectivity index (χ3n) is 6.64. The summed E-state index contributed by atoms with van der Waals surface area (Å²) in [4.78, 5) is 12.6. The Balaban J connectivity index is 0.00000512. The lowest BCUT2D eigenvalue weighted by Crippen LogP contribution is -3.00. The van der Waals surface area contributed by atoms with E-state index in [4.69, 9.17) is 4.74 Å². The van der Waals surface area contributed by atoms with Crippen molar-refractivity contribution < 1.29 is 26.4 Å². The molecule has 0 N–H and O–H groups in total. The minimum atomic E-state index is -0.000965. The minimum absolute atomic E-state index is 0. The van der Waals surface area contributed by atoms with Crippen LogP contribution < -0.4 is 12.4 Å². The van der Waals surface area contributed by atoms with E-state index in [1.165, 1.54) is 75.3 Å². The van der Waals surface area contributed by atoms with Gasteiger partial charge in [0.2, 0.25) is 0 Å². The van der Waals surface area contributed by atoms with Crippen molar-refractivity contribution in [3.8, 4) is 0 Å². The smallest absolute Gasteiger partial charge is 0.361 e. The highest BCUT2D eigenvalue weighted by atomic mass is 35.5. The summed E-state index contributed by atoms with van der Waals surface area (Å²) in [5.74, 6) is -0.000965. The summed E-state index contributed by atoms with van der Waals surface area (Å²) in [5, 5.41) is 0. The molecule has 3 nitrogen and oxygen atoms in total. The molecule has 0 amide bonds. The van der Waals surface area contributed by atoms with E-state index in [9.17, 15) is 4.79 Å². The number of allylic oxidation sites excluding steroid dienone is 1. The van der Waals surface area contributed by atoms with E-state index in [0.717, 1.165) is 37.0 Å². The molecule has 0 spiro atoms. The van der Waals surface area contributed by atoms with Crippen LogP contribution in [0.5, 0.6) is 0 Å². The van der Waals surface area contributed by atoms with Crippen molar-refractivity contribution in [2.45, 2.75) is 90.9 Å². The monoisotopic (exact) mass is 463 g/mol. The first-order valence-electron chi connectivity index (χ1n) is 12.8. The predicted molar refractivity (Wildman–Crippen MR) is 131 cm³/mol. The molecule has 1 fully saturated rings. The van der Waals surface area contributed by atoms with E-state index in [1.807, 2.05) is 0 Å². The van der Waals surface area contributed by atoms with Crippen molar-refractivity contribution >= 4 is 5.97 Å². The van der Waals surface area contributed by atoms with Crippen molar-refractivity contribution in [1.82, 2.24) is 0 Å². The van der Waals surface area contributed by atoms with Crippen LogP contribution in [0.25, 0.3) is 0 Å². The third kappa shape index (κ3) is 12.1. The number of piperidine rings is 1. The van der Waals surface area contributed by atoms with Gasteiger partial charge in [-0.15, -0.1) is 0 Å². The highest BCUT2D eigenvalue weighted by Crippen LogP contribution is 2.20. The van der Waals surface area contributed by atoms with Gasteiger partial charge in [-0.1, -0.05) is 87.8 Å². The molecule has 4 heteroatoms. The maximum atomic E-state index is 12.6. The standard InChI is InChI=1S/C28H46NO2.ClH/c1-3-4-5-6-7-8-9-16-23-31-28(30)25-29(20-14-11-15-21-29)22-19-26(2)24-27-17-12-10-13-18-27;/h10,12-13,17-19H,3-9,11,14-16,20-25H2,1-2H3;1H/q+1;/p-1/b26-19+;. The molecule has 2 rings (SSSR count). The van der Waals surface area contributed by atoms with Crippen molar-refractivity contribution in [2.24, 2.45) is 0 Å². The number of rotatable bonds is 15. The highest BCUT2D eigenvalue weighted by Gasteiger charge is 2.32. The quantitative estimate of drug-likeness (QED) is 0.171. The van der Waals surface area contributed by atoms with Gasteiger partial charge in [0.25, 0.3) is 0 Å². The molecule has 1 aromatic rings. The van der Waals surface area contributed by atoms with Crippen molar-refractivity contribution in [2.75, 3.05) is 32.8 Å². The molecule has 1 heterocycles. The summed E-state index contributed by atoms with van der Waals surface area (Å²) < 4.78 is 6.52. The van der Waals surface area contributed by atoms with E-state index in [-0.39, 0.29) is 18.4 Å². The SMILES string of the molecule is CCCCCCCCCCOC(=O)C[N+]1(C/C=C(\C)Cc2ccccc2)CCCCC1.[Cl-]. The Labute approximate surface area is 203 Å². The van der Waals surface area contributed by atoms with Gasteiger partial charge in [-0.05, 0) is 50.7 Å². The zero-order chi connectivity index (χ0) is 22.2. The molecule has 0 aliphatic carbocycles. The number of halogens is 1. The van der Waals surface area contributed by atoms with Gasteiger partial charge in [0.1, 0.15) is 0 Å². The van der Waals surface area contributed by atoms with Gasteiger partial charge in [0.05, 0.1) is 26.2 Å². The first-order valence-corrected chi connectivity index (χ1v) is 12.8. The maximum absolute atomic E-state index is 12.6. The summed E-state index contributed by atoms with van der Waals surface area (Å²) in [6.45, 7) is 8.75. The number of carbonyl (C=O) groups excluding carboxylic acids is 1. The van der Waals surface area contributed by atoms with Crippen molar-refractivity contribution in [3.63, 3.8) is 0 Å². The van der Waals surface area contributed by atoms with Crippen LogP contribution in [0.2, 0.25) is 0 Å². The maximum Gasteiger partial charge on any atom is 0.361 e. The number of hydrogen-bond donors (Lipinski definition) is 0. The predicted octanol–water partition coefficient (Wildman–Crippen LogP) is 3.86. The third-order valence-corrected chi connectivity index (χ3v) is 6.64. The van der Waals surface area contributed by atoms with Crippen LogP contribution in [-0.2, 0) is 16.0 Å². The highest BCUT2D eigenvalue weighted by molar-refractivity contribution is 5.70. The molecule has 0 radical (unpaired) electrons. The Bertz CT molecular complexity index is 638. The lowest BCUT2D eigenvalue weighted by atomic mass is 10.0. The Morgan fingerprint density at radius 3 is 2.22 bits per heavy atom. The number of likely N-dealkylation sites (tertiary alicyclic amines) is 1. The minimum Gasteiger partial charge on any atom is -1.00 e. The van der Waals surface area contributed by atoms with Crippen LogP contribution in [-0.4, -0.2) is 43.2 Å². The Morgan fingerprint density at radius 1 is 0.938 bits per heavy atom. The number of quaternary nitrogens is 1. The number of benzene rings is 1. The fourth-order valence-corrected chi connectivity index (χ4v) is 4.67. The second kappa shape index (κ2) is 17.2. The van der Waals surface area contributed by atoms with Crippen molar-refractivity contribution in [1.29, 1.82) is 0 Å². The zero-order valence-electron chi connectivity index (χ0n) is 20.6. The van der Waals surface area contributed by atoms with Gasteiger partial charge in [-0.2, -0.15) is 0 Å². The first-order chi connectivity index (χ1) is 15.1. The largest absolute Gasteiger partial charge is 1.00 e. The molecule has 0 saturated carbocycles. The molecule has 1 saturated heterocycles. The average molecular weight is 464 g/mol. The molecular formula is C28H46ClNO2. The normalized spacial score (nSPS) is 15.8. The van der Waals surface area contributed by atoms with E-state index >= 15 is 0 Å². The van der Waals surface area contributed by atoms with Crippen LogP contribution in [0.15, 0.2) is 42.0 Å². The second-order valence-electron chi connectivity index (χ2n) is 9.60. The fraction of sp³-hybridized carbons (Fsp3) is 0.679. The molecule has 182 valence electrons. The molecule has 1 aliphatic rings. The number of esters is 1. The van der Waals surface area contributed by atoms with Gasteiger partial charge in [-0.3, -0.25) is 0 Å². The number of carbonyl (C=O) groups is 1. The van der Waals surface area contributed by atoms with Crippen LogP contribution in [0.1, 0.15) is 90.0 Å². The number of nitrogens with zero attached hydrogens (tertiary/aromatic N) is 1. The molecular weight excluding hydrogens is 418 g/mol. The van der Waals surface area contributed by atoms with Gasteiger partial charge in [-0.25, -0.2) is 4.79 Å². The summed E-state index contributed by atoms with van der Waals surface area (Å²) >= 11 is 0. The number of hydrogen-bond acceptors (Lipinski definition) is 2. The van der Waals surface area contributed by atoms with Gasteiger partial charge < -0.3 is 21.6 Å². The zero-order valence-corrected chi connectivity index (χ0v) is 21.4. The average Bonchev–Trinajstić information content (AvgIpc) is 2.78. The topological polar surface area (TPSA) is 26.3 Å². The molecule has 1 aromatic carbocycles. The van der Waals surface area contributed by atoms with E-state index in [2.05, 4.69) is 50.3 Å². The Hall–Kier alpha value is -1.32. The van der Waals surface area contributed by atoms with E-state index < -0.39 is 0 Å². The van der Waals surface area contributed by atoms with Crippen LogP contribution in [0.4, 0.5) is 0 Å².